The lowest BCUT2D eigenvalue weighted by molar-refractivity contribution is -0.133. The summed E-state index contributed by atoms with van der Waals surface area (Å²) >= 11 is 1.23. The number of nitrogens with zero attached hydrogens (tertiary/aromatic N) is 2. The topological polar surface area (TPSA) is 100 Å². The van der Waals surface area contributed by atoms with Gasteiger partial charge >= 0.3 is 0 Å². The van der Waals surface area contributed by atoms with Crippen LogP contribution in [0.25, 0.3) is 0 Å². The normalized spacial score (nSPS) is 22.2. The van der Waals surface area contributed by atoms with Crippen LogP contribution in [0.4, 0.5) is 0 Å². The van der Waals surface area contributed by atoms with Crippen molar-refractivity contribution in [3.63, 3.8) is 0 Å². The molecule has 9 heteroatoms. The van der Waals surface area contributed by atoms with Gasteiger partial charge in [-0.15, -0.1) is 0 Å². The molecule has 1 aromatic heterocycles. The van der Waals surface area contributed by atoms with E-state index in [0.29, 0.717) is 11.6 Å². The van der Waals surface area contributed by atoms with E-state index in [0.717, 1.165) is 44.2 Å². The fraction of sp³-hybridized carbons (Fsp3) is 0.737. The van der Waals surface area contributed by atoms with Gasteiger partial charge in [0.15, 0.2) is 15.0 Å². The molecule has 1 amide bonds. The summed E-state index contributed by atoms with van der Waals surface area (Å²) in [6.45, 7) is 2.02. The van der Waals surface area contributed by atoms with Crippen LogP contribution in [0.15, 0.2) is 16.0 Å². The van der Waals surface area contributed by atoms with Gasteiger partial charge in [0.2, 0.25) is 5.91 Å². The van der Waals surface area contributed by atoms with Gasteiger partial charge in [-0.1, -0.05) is 44.4 Å². The Kier molecular flexibility index (Phi) is 7.20. The summed E-state index contributed by atoms with van der Waals surface area (Å²) in [4.78, 5) is 33.9. The Bertz CT molecular complexity index is 847. The largest absolute Gasteiger partial charge is 0.335 e. The summed E-state index contributed by atoms with van der Waals surface area (Å²) in [7, 11) is -3.06. The minimum Gasteiger partial charge on any atom is -0.335 e. The first-order valence-electron chi connectivity index (χ1n) is 10.1. The quantitative estimate of drug-likeness (QED) is 0.529. The van der Waals surface area contributed by atoms with E-state index in [1.165, 1.54) is 24.2 Å². The van der Waals surface area contributed by atoms with Crippen LogP contribution in [-0.4, -0.2) is 58.5 Å². The van der Waals surface area contributed by atoms with Crippen LogP contribution in [-0.2, 0) is 21.1 Å². The smallest absolute Gasteiger partial charge is 0.251 e. The van der Waals surface area contributed by atoms with Crippen LogP contribution in [0.2, 0.25) is 0 Å². The third-order valence-electron chi connectivity index (χ3n) is 5.47. The number of aryl methyl sites for hydroxylation is 1. The highest BCUT2D eigenvalue weighted by Crippen LogP contribution is 2.29. The molecule has 2 aliphatic rings. The van der Waals surface area contributed by atoms with Crippen LogP contribution in [0.5, 0.6) is 0 Å². The number of hydrogen-bond donors (Lipinski definition) is 1. The number of rotatable bonds is 7. The Hall–Kier alpha value is -1.35. The van der Waals surface area contributed by atoms with E-state index in [-0.39, 0.29) is 40.8 Å². The molecule has 0 unspecified atom stereocenters. The predicted molar refractivity (Wildman–Crippen MR) is 110 cm³/mol. The molecule has 1 aliphatic carbocycles. The Labute approximate surface area is 170 Å². The highest BCUT2D eigenvalue weighted by Gasteiger charge is 2.38. The van der Waals surface area contributed by atoms with Gasteiger partial charge < -0.3 is 9.88 Å². The zero-order chi connectivity index (χ0) is 20.1. The number of carbonyl (C=O) groups excluding carboxylic acids is 1. The molecular weight excluding hydrogens is 398 g/mol. The van der Waals surface area contributed by atoms with Crippen molar-refractivity contribution in [1.29, 1.82) is 0 Å². The molecule has 156 valence electrons. The Morgan fingerprint density at radius 1 is 1.25 bits per heavy atom. The van der Waals surface area contributed by atoms with E-state index in [1.807, 2.05) is 11.8 Å². The van der Waals surface area contributed by atoms with E-state index < -0.39 is 9.84 Å². The lowest BCUT2D eigenvalue weighted by atomic mass is 9.93. The maximum atomic E-state index is 13.1. The van der Waals surface area contributed by atoms with Crippen molar-refractivity contribution in [2.75, 3.05) is 17.3 Å². The summed E-state index contributed by atoms with van der Waals surface area (Å²) in [6, 6.07) is 1.39. The molecule has 0 aromatic carbocycles. The second kappa shape index (κ2) is 9.43. The SMILES string of the molecule is CCCc1cc(=O)[nH]c(SCC(=O)N(C2CCCCC2)[C@H]2CCS(=O)(=O)C2)n1. The zero-order valence-corrected chi connectivity index (χ0v) is 18.0. The third kappa shape index (κ3) is 5.59. The number of sulfone groups is 1. The number of H-pyrrole nitrogens is 1. The lowest BCUT2D eigenvalue weighted by Crippen LogP contribution is -2.49. The summed E-state index contributed by atoms with van der Waals surface area (Å²) in [5.41, 5.74) is 0.520. The first kappa shape index (κ1) is 21.4. The van der Waals surface area contributed by atoms with E-state index in [1.54, 1.807) is 0 Å². The van der Waals surface area contributed by atoms with Gasteiger partial charge in [0.1, 0.15) is 0 Å². The van der Waals surface area contributed by atoms with Gasteiger partial charge in [-0.05, 0) is 25.7 Å². The van der Waals surface area contributed by atoms with Gasteiger partial charge in [0, 0.05) is 23.8 Å². The molecule has 28 heavy (non-hydrogen) atoms. The number of thioether (sulfide) groups is 1. The van der Waals surface area contributed by atoms with Crippen LogP contribution in [0.3, 0.4) is 0 Å². The minimum absolute atomic E-state index is 0.0532. The summed E-state index contributed by atoms with van der Waals surface area (Å²) in [5, 5.41) is 0.451. The second-order valence-electron chi connectivity index (χ2n) is 7.73. The number of aromatic amines is 1. The molecule has 1 atom stereocenters. The molecule has 3 rings (SSSR count). The van der Waals surface area contributed by atoms with E-state index in [2.05, 4.69) is 9.97 Å². The average Bonchev–Trinajstić information content (AvgIpc) is 3.00. The molecular formula is C19H29N3O4S2. The maximum absolute atomic E-state index is 13.1. The molecule has 0 spiro atoms. The molecule has 1 aliphatic heterocycles. The number of carbonyl (C=O) groups is 1. The van der Waals surface area contributed by atoms with Crippen LogP contribution < -0.4 is 5.56 Å². The van der Waals surface area contributed by atoms with E-state index in [4.69, 9.17) is 0 Å². The Morgan fingerprint density at radius 2 is 2.00 bits per heavy atom. The van der Waals surface area contributed by atoms with E-state index >= 15 is 0 Å². The first-order chi connectivity index (χ1) is 13.4. The van der Waals surface area contributed by atoms with Crippen molar-refractivity contribution in [2.24, 2.45) is 0 Å². The highest BCUT2D eigenvalue weighted by atomic mass is 32.2. The van der Waals surface area contributed by atoms with Crippen molar-refractivity contribution in [2.45, 2.75) is 75.5 Å². The van der Waals surface area contributed by atoms with Crippen molar-refractivity contribution in [3.8, 4) is 0 Å². The van der Waals surface area contributed by atoms with Crippen LogP contribution >= 0.6 is 11.8 Å². The van der Waals surface area contributed by atoms with Gasteiger partial charge in [-0.25, -0.2) is 13.4 Å². The number of amides is 1. The number of nitrogens with one attached hydrogen (secondary N) is 1. The molecule has 0 bridgehead atoms. The second-order valence-corrected chi connectivity index (χ2v) is 10.9. The van der Waals surface area contributed by atoms with Crippen LogP contribution in [0.1, 0.15) is 57.6 Å². The molecule has 0 radical (unpaired) electrons. The minimum atomic E-state index is -3.06. The standard InChI is InChI=1S/C19H29N3O4S2/c1-2-6-14-11-17(23)21-19(20-14)27-12-18(24)22(15-7-4-3-5-8-15)16-9-10-28(25,26)13-16/h11,15-16H,2-10,12-13H2,1H3,(H,20,21,23)/t16-/m0/s1. The number of aromatic nitrogens is 2. The van der Waals surface area contributed by atoms with Crippen LogP contribution in [0, 0.1) is 0 Å². The van der Waals surface area contributed by atoms with Gasteiger partial charge in [-0.3, -0.25) is 9.59 Å². The Balaban J connectivity index is 1.71. The predicted octanol–water partition coefficient (Wildman–Crippen LogP) is 2.16. The Morgan fingerprint density at radius 3 is 2.64 bits per heavy atom. The molecule has 1 N–H and O–H groups in total. The van der Waals surface area contributed by atoms with Crippen molar-refractivity contribution >= 4 is 27.5 Å². The van der Waals surface area contributed by atoms with E-state index in [9.17, 15) is 18.0 Å². The highest BCUT2D eigenvalue weighted by molar-refractivity contribution is 7.99. The fourth-order valence-corrected chi connectivity index (χ4v) is 6.68. The average molecular weight is 428 g/mol. The van der Waals surface area contributed by atoms with Gasteiger partial charge in [0.05, 0.1) is 17.3 Å². The molecule has 1 saturated carbocycles. The lowest BCUT2D eigenvalue weighted by Gasteiger charge is -2.38. The van der Waals surface area contributed by atoms with Gasteiger partial charge in [0.25, 0.3) is 5.56 Å². The molecule has 1 saturated heterocycles. The molecule has 2 heterocycles. The molecule has 1 aromatic rings. The van der Waals surface area contributed by atoms with Crippen molar-refractivity contribution in [3.05, 3.63) is 22.1 Å². The fourth-order valence-electron chi connectivity index (χ4n) is 4.20. The van der Waals surface area contributed by atoms with Crippen molar-refractivity contribution < 1.29 is 13.2 Å². The first-order valence-corrected chi connectivity index (χ1v) is 12.9. The number of hydrogen-bond acceptors (Lipinski definition) is 6. The molecule has 2 fully saturated rings. The summed E-state index contributed by atoms with van der Waals surface area (Å²) in [6.07, 6.45) is 7.35. The third-order valence-corrected chi connectivity index (χ3v) is 8.08. The maximum Gasteiger partial charge on any atom is 0.251 e. The summed E-state index contributed by atoms with van der Waals surface area (Å²) < 4.78 is 23.9. The van der Waals surface area contributed by atoms with Crippen molar-refractivity contribution in [1.82, 2.24) is 14.9 Å². The zero-order valence-electron chi connectivity index (χ0n) is 16.4. The summed E-state index contributed by atoms with van der Waals surface area (Å²) in [5.74, 6) is 0.337. The monoisotopic (exact) mass is 427 g/mol. The molecule has 7 nitrogen and oxygen atoms in total. The van der Waals surface area contributed by atoms with Gasteiger partial charge in [-0.2, -0.15) is 0 Å².